The van der Waals surface area contributed by atoms with E-state index in [0.717, 1.165) is 11.3 Å². The van der Waals surface area contributed by atoms with E-state index in [-0.39, 0.29) is 24.3 Å². The van der Waals surface area contributed by atoms with Crippen LogP contribution >= 0.6 is 0 Å². The third kappa shape index (κ3) is 3.72. The lowest BCUT2D eigenvalue weighted by molar-refractivity contribution is 0.645. The Morgan fingerprint density at radius 2 is 0.941 bits per heavy atom. The van der Waals surface area contributed by atoms with Gasteiger partial charge in [0.2, 0.25) is 13.4 Å². The molecule has 51 heavy (non-hydrogen) atoms. The van der Waals surface area contributed by atoms with Gasteiger partial charge < -0.3 is 4.90 Å². The molecule has 0 aliphatic carbocycles. The fraction of sp³-hybridized carbons (Fsp3) is 0.128. The Labute approximate surface area is 301 Å². The number of pyridine rings is 1. The largest absolute Gasteiger partial charge is 0.313 e. The lowest BCUT2D eigenvalue weighted by Gasteiger charge is -2.50. The maximum absolute atomic E-state index is 4.63. The number of aromatic nitrogens is 1. The number of hydrogen-bond donors (Lipinski definition) is 0. The van der Waals surface area contributed by atoms with E-state index >= 15 is 0 Å². The van der Waals surface area contributed by atoms with E-state index in [1.165, 1.54) is 83.2 Å². The standard InChI is InChI=1S/C47H36B2N2/c1-46(2)32-13-5-7-17-36(32)48-38-27-31(29-22-24-30(25-23-29)40-19-9-10-26-50-40)28-39-45(38)51(41-20-11-15-34(46)43(41)48)42-21-12-16-35-44(42)49(39)37-18-8-6-14-33(37)47(35,3)4/h5-28H,1-4H3. The predicted octanol–water partition coefficient (Wildman–Crippen LogP) is 6.82. The highest BCUT2D eigenvalue weighted by atomic mass is 15.2. The topological polar surface area (TPSA) is 16.1 Å². The first kappa shape index (κ1) is 29.2. The van der Waals surface area contributed by atoms with Crippen LogP contribution in [0.5, 0.6) is 0 Å². The normalized spacial score (nSPS) is 16.0. The van der Waals surface area contributed by atoms with Crippen LogP contribution in [0.1, 0.15) is 49.9 Å². The Kier molecular flexibility index (Phi) is 5.72. The molecule has 0 unspecified atom stereocenters. The Morgan fingerprint density at radius 3 is 1.47 bits per heavy atom. The number of fused-ring (bicyclic) bond motifs is 8. The molecule has 0 N–H and O–H groups in total. The first-order valence-corrected chi connectivity index (χ1v) is 18.3. The molecule has 4 heteroatoms. The van der Waals surface area contributed by atoms with Crippen molar-refractivity contribution in [3.8, 4) is 22.4 Å². The summed E-state index contributed by atoms with van der Waals surface area (Å²) in [6, 6.07) is 52.8. The summed E-state index contributed by atoms with van der Waals surface area (Å²) < 4.78 is 0. The Hall–Kier alpha value is -5.60. The Morgan fingerprint density at radius 1 is 0.451 bits per heavy atom. The van der Waals surface area contributed by atoms with Crippen molar-refractivity contribution in [3.63, 3.8) is 0 Å². The van der Waals surface area contributed by atoms with Crippen LogP contribution in [0.4, 0.5) is 17.1 Å². The molecule has 6 aromatic carbocycles. The van der Waals surface area contributed by atoms with Gasteiger partial charge in [-0.05, 0) is 79.5 Å². The van der Waals surface area contributed by atoms with Gasteiger partial charge >= 0.3 is 0 Å². The van der Waals surface area contributed by atoms with Gasteiger partial charge in [-0.2, -0.15) is 0 Å². The quantitative estimate of drug-likeness (QED) is 0.191. The SMILES string of the molecule is CC1(C)c2ccccc2B2c3cc(-c4ccc(-c5ccccn5)cc4)cc4c3N(c3cccc1c32)c1cccc2c1B4c1ccccc1C2(C)C. The number of benzene rings is 6. The summed E-state index contributed by atoms with van der Waals surface area (Å²) in [6.45, 7) is 9.92. The lowest BCUT2D eigenvalue weighted by atomic mass is 9.26. The highest BCUT2D eigenvalue weighted by molar-refractivity contribution is 7.03. The van der Waals surface area contributed by atoms with Gasteiger partial charge in [0.15, 0.2) is 0 Å². The van der Waals surface area contributed by atoms with Gasteiger partial charge in [0.1, 0.15) is 0 Å². The van der Waals surface area contributed by atoms with Crippen molar-refractivity contribution in [1.82, 2.24) is 4.98 Å². The van der Waals surface area contributed by atoms with Crippen molar-refractivity contribution in [2.45, 2.75) is 38.5 Å². The van der Waals surface area contributed by atoms with E-state index in [2.05, 4.69) is 171 Å². The molecule has 0 saturated heterocycles. The van der Waals surface area contributed by atoms with Crippen molar-refractivity contribution in [2.24, 2.45) is 0 Å². The van der Waals surface area contributed by atoms with E-state index in [1.54, 1.807) is 0 Å². The minimum absolute atomic E-state index is 0.118. The highest BCUT2D eigenvalue weighted by Gasteiger charge is 2.51. The zero-order valence-electron chi connectivity index (χ0n) is 29.4. The zero-order valence-corrected chi connectivity index (χ0v) is 29.4. The van der Waals surface area contributed by atoms with E-state index in [9.17, 15) is 0 Å². The van der Waals surface area contributed by atoms with E-state index in [4.69, 9.17) is 0 Å². The number of nitrogens with zero attached hydrogens (tertiary/aromatic N) is 2. The zero-order chi connectivity index (χ0) is 34.2. The van der Waals surface area contributed by atoms with Crippen molar-refractivity contribution in [3.05, 3.63) is 168 Å². The molecular weight excluding hydrogens is 614 g/mol. The van der Waals surface area contributed by atoms with Crippen molar-refractivity contribution < 1.29 is 0 Å². The van der Waals surface area contributed by atoms with Gasteiger partial charge in [-0.1, -0.05) is 154 Å². The smallest absolute Gasteiger partial charge is 0.247 e. The van der Waals surface area contributed by atoms with Crippen LogP contribution < -0.4 is 37.7 Å². The molecule has 0 saturated carbocycles. The molecule has 5 heterocycles. The van der Waals surface area contributed by atoms with E-state index < -0.39 is 0 Å². The number of hydrogen-bond acceptors (Lipinski definition) is 2. The maximum atomic E-state index is 4.63. The molecule has 7 aromatic rings. The minimum atomic E-state index is -0.118. The summed E-state index contributed by atoms with van der Waals surface area (Å²) in [5.74, 6) is 0. The van der Waals surface area contributed by atoms with Gasteiger partial charge in [-0.3, -0.25) is 4.98 Å². The van der Waals surface area contributed by atoms with Crippen molar-refractivity contribution in [1.29, 1.82) is 0 Å². The summed E-state index contributed by atoms with van der Waals surface area (Å²) in [5, 5.41) is 0. The summed E-state index contributed by atoms with van der Waals surface area (Å²) in [7, 11) is 0. The van der Waals surface area contributed by atoms with Gasteiger partial charge in [-0.25, -0.2) is 0 Å². The highest BCUT2D eigenvalue weighted by Crippen LogP contribution is 2.46. The van der Waals surface area contributed by atoms with Crippen LogP contribution in [0.2, 0.25) is 0 Å². The summed E-state index contributed by atoms with van der Waals surface area (Å²) in [6.07, 6.45) is 1.87. The number of rotatable bonds is 2. The van der Waals surface area contributed by atoms with Crippen LogP contribution in [0.3, 0.4) is 0 Å². The first-order chi connectivity index (χ1) is 24.8. The molecular formula is C47H36B2N2. The van der Waals surface area contributed by atoms with E-state index in [1.807, 2.05) is 12.3 Å². The molecule has 2 nitrogen and oxygen atoms in total. The van der Waals surface area contributed by atoms with Gasteiger partial charge in [-0.15, -0.1) is 0 Å². The molecule has 0 spiro atoms. The predicted molar refractivity (Wildman–Crippen MR) is 216 cm³/mol. The van der Waals surface area contributed by atoms with Crippen LogP contribution in [0, 0.1) is 0 Å². The molecule has 0 amide bonds. The van der Waals surface area contributed by atoms with Gasteiger partial charge in [0.25, 0.3) is 0 Å². The van der Waals surface area contributed by atoms with E-state index in [0.29, 0.717) is 0 Å². The third-order valence-electron chi connectivity index (χ3n) is 12.7. The molecule has 0 atom stereocenters. The second-order valence-corrected chi connectivity index (χ2v) is 15.9. The second kappa shape index (κ2) is 10.0. The van der Waals surface area contributed by atoms with Gasteiger partial charge in [0.05, 0.1) is 5.69 Å². The average Bonchev–Trinajstić information content (AvgIpc) is 3.17. The van der Waals surface area contributed by atoms with Crippen LogP contribution in [0.25, 0.3) is 22.4 Å². The summed E-state index contributed by atoms with van der Waals surface area (Å²) in [4.78, 5) is 7.28. The minimum Gasteiger partial charge on any atom is -0.313 e. The van der Waals surface area contributed by atoms with Crippen molar-refractivity contribution >= 4 is 63.3 Å². The molecule has 11 rings (SSSR count). The molecule has 240 valence electrons. The molecule has 0 radical (unpaired) electrons. The third-order valence-corrected chi connectivity index (χ3v) is 12.7. The number of anilines is 3. The summed E-state index contributed by atoms with van der Waals surface area (Å²) >= 11 is 0. The first-order valence-electron chi connectivity index (χ1n) is 18.3. The second-order valence-electron chi connectivity index (χ2n) is 15.9. The fourth-order valence-electron chi connectivity index (χ4n) is 10.4. The molecule has 4 aliphatic rings. The van der Waals surface area contributed by atoms with Crippen LogP contribution in [0.15, 0.2) is 146 Å². The Bertz CT molecular complexity index is 2470. The molecule has 1 aromatic heterocycles. The molecule has 0 bridgehead atoms. The van der Waals surface area contributed by atoms with Crippen LogP contribution in [-0.2, 0) is 10.8 Å². The maximum Gasteiger partial charge on any atom is 0.247 e. The lowest BCUT2D eigenvalue weighted by Crippen LogP contribution is -2.70. The average molecular weight is 650 g/mol. The molecule has 4 aliphatic heterocycles. The molecule has 0 fully saturated rings. The van der Waals surface area contributed by atoms with Crippen molar-refractivity contribution in [2.75, 3.05) is 4.90 Å². The Balaban J connectivity index is 1.25. The van der Waals surface area contributed by atoms with Gasteiger partial charge in [0, 0.05) is 39.7 Å². The summed E-state index contributed by atoms with van der Waals surface area (Å²) in [5.41, 5.74) is 22.7. The monoisotopic (exact) mass is 650 g/mol. The fourth-order valence-corrected chi connectivity index (χ4v) is 10.4. The van der Waals surface area contributed by atoms with Crippen LogP contribution in [-0.4, -0.2) is 18.4 Å².